The molecule has 4 heteroatoms. The third kappa shape index (κ3) is 5.32. The van der Waals surface area contributed by atoms with Gasteiger partial charge in [0.15, 0.2) is 0 Å². The van der Waals surface area contributed by atoms with Crippen molar-refractivity contribution in [2.45, 2.75) is 82.4 Å². The van der Waals surface area contributed by atoms with Crippen LogP contribution in [0, 0.1) is 5.92 Å². The third-order valence-electron chi connectivity index (χ3n) is 4.71. The van der Waals surface area contributed by atoms with Crippen LogP contribution in [0.25, 0.3) is 0 Å². The number of carbonyl (C=O) groups excluding carboxylic acids is 2. The van der Waals surface area contributed by atoms with Crippen LogP contribution in [0.4, 0.5) is 0 Å². The zero-order valence-corrected chi connectivity index (χ0v) is 14.1. The Labute approximate surface area is 133 Å². The first-order chi connectivity index (χ1) is 10.2. The molecular weight excluding hydrogens is 282 g/mol. The number of amides is 1. The first-order valence-corrected chi connectivity index (χ1v) is 9.68. The number of hydrogen-bond donors (Lipinski definition) is 1. The molecule has 0 aromatic carbocycles. The molecule has 2 aliphatic rings. The van der Waals surface area contributed by atoms with Crippen molar-refractivity contribution in [1.29, 1.82) is 0 Å². The van der Waals surface area contributed by atoms with Crippen molar-refractivity contribution in [2.75, 3.05) is 5.75 Å². The molecule has 2 aliphatic heterocycles. The average Bonchev–Trinajstić information content (AvgIpc) is 2.99. The molecule has 3 nitrogen and oxygen atoms in total. The van der Waals surface area contributed by atoms with E-state index in [1.165, 1.54) is 19.3 Å². The molecule has 0 saturated carbocycles. The summed E-state index contributed by atoms with van der Waals surface area (Å²) in [6, 6.07) is 0.409. The molecule has 1 amide bonds. The second kappa shape index (κ2) is 8.82. The SMILES string of the molecule is CCCCCCC(=O)CCCCC1SC[C@H]2CC(=O)N[C@@H]12. The summed E-state index contributed by atoms with van der Waals surface area (Å²) in [4.78, 5) is 23.2. The van der Waals surface area contributed by atoms with Crippen LogP contribution in [0.1, 0.15) is 71.1 Å². The van der Waals surface area contributed by atoms with Crippen LogP contribution in [0.5, 0.6) is 0 Å². The number of nitrogens with one attached hydrogen (secondary N) is 1. The van der Waals surface area contributed by atoms with Crippen LogP contribution < -0.4 is 5.32 Å². The highest BCUT2D eigenvalue weighted by molar-refractivity contribution is 8.00. The number of hydrogen-bond acceptors (Lipinski definition) is 3. The zero-order valence-electron chi connectivity index (χ0n) is 13.2. The lowest BCUT2D eigenvalue weighted by Gasteiger charge is -2.17. The molecule has 3 atom stereocenters. The van der Waals surface area contributed by atoms with E-state index in [9.17, 15) is 9.59 Å². The van der Waals surface area contributed by atoms with Crippen LogP contribution in [-0.4, -0.2) is 28.7 Å². The van der Waals surface area contributed by atoms with Gasteiger partial charge in [0.05, 0.1) is 0 Å². The number of fused-ring (bicyclic) bond motifs is 1. The normalized spacial score (nSPS) is 27.7. The van der Waals surface area contributed by atoms with Gasteiger partial charge in [-0.15, -0.1) is 0 Å². The van der Waals surface area contributed by atoms with E-state index in [-0.39, 0.29) is 5.91 Å². The maximum atomic E-state index is 11.8. The lowest BCUT2D eigenvalue weighted by atomic mass is 9.97. The Morgan fingerprint density at radius 2 is 1.95 bits per heavy atom. The molecule has 0 spiro atoms. The van der Waals surface area contributed by atoms with E-state index in [1.807, 2.05) is 11.8 Å². The zero-order chi connectivity index (χ0) is 15.1. The van der Waals surface area contributed by atoms with E-state index >= 15 is 0 Å². The minimum atomic E-state index is 0.234. The van der Waals surface area contributed by atoms with Gasteiger partial charge in [0.1, 0.15) is 5.78 Å². The van der Waals surface area contributed by atoms with Crippen LogP contribution in [-0.2, 0) is 9.59 Å². The summed E-state index contributed by atoms with van der Waals surface area (Å²) in [5.74, 6) is 2.37. The van der Waals surface area contributed by atoms with Crippen molar-refractivity contribution in [3.63, 3.8) is 0 Å². The lowest BCUT2D eigenvalue weighted by molar-refractivity contribution is -0.120. The summed E-state index contributed by atoms with van der Waals surface area (Å²) in [7, 11) is 0. The van der Waals surface area contributed by atoms with Gasteiger partial charge < -0.3 is 5.32 Å². The van der Waals surface area contributed by atoms with Gasteiger partial charge in [-0.25, -0.2) is 0 Å². The maximum Gasteiger partial charge on any atom is 0.220 e. The summed E-state index contributed by atoms with van der Waals surface area (Å²) < 4.78 is 0. The van der Waals surface area contributed by atoms with Crippen LogP contribution >= 0.6 is 11.8 Å². The van der Waals surface area contributed by atoms with E-state index in [1.54, 1.807) is 0 Å². The van der Waals surface area contributed by atoms with Gasteiger partial charge in [-0.05, 0) is 30.9 Å². The molecule has 0 aromatic heterocycles. The van der Waals surface area contributed by atoms with Crippen LogP contribution in [0.2, 0.25) is 0 Å². The van der Waals surface area contributed by atoms with E-state index in [0.29, 0.717) is 23.0 Å². The molecule has 2 rings (SSSR count). The lowest BCUT2D eigenvalue weighted by Crippen LogP contribution is -2.34. The molecule has 0 radical (unpaired) electrons. The molecule has 0 aromatic rings. The molecule has 2 saturated heterocycles. The topological polar surface area (TPSA) is 46.2 Å². The highest BCUT2D eigenvalue weighted by Crippen LogP contribution is 2.39. The Hall–Kier alpha value is -0.510. The fraction of sp³-hybridized carbons (Fsp3) is 0.882. The van der Waals surface area contributed by atoms with Crippen molar-refractivity contribution in [3.8, 4) is 0 Å². The second-order valence-corrected chi connectivity index (χ2v) is 7.80. The Kier molecular flexibility index (Phi) is 7.08. The van der Waals surface area contributed by atoms with Gasteiger partial charge in [0, 0.05) is 30.6 Å². The molecule has 1 unspecified atom stereocenters. The molecular formula is C17H29NO2S. The van der Waals surface area contributed by atoms with E-state index in [4.69, 9.17) is 0 Å². The molecule has 21 heavy (non-hydrogen) atoms. The summed E-state index contributed by atoms with van der Waals surface area (Å²) >= 11 is 2.01. The standard InChI is InChI=1S/C17H29NO2S/c1-2-3-4-5-8-14(19)9-6-7-10-15-17-13(12-21-15)11-16(20)18-17/h13,15,17H,2-12H2,1H3,(H,18,20)/t13-,15?,17-/m1/s1. The van der Waals surface area contributed by atoms with Crippen molar-refractivity contribution >= 4 is 23.5 Å². The quantitative estimate of drug-likeness (QED) is 0.626. The Morgan fingerprint density at radius 1 is 1.19 bits per heavy atom. The molecule has 2 fully saturated rings. The number of Topliss-reactive ketones (excluding diaryl/α,β-unsaturated/α-hetero) is 1. The molecule has 0 bridgehead atoms. The number of unbranched alkanes of at least 4 members (excludes halogenated alkanes) is 4. The van der Waals surface area contributed by atoms with Crippen molar-refractivity contribution in [2.24, 2.45) is 5.92 Å². The number of ketones is 1. The first-order valence-electron chi connectivity index (χ1n) is 8.63. The Balaban J connectivity index is 1.52. The highest BCUT2D eigenvalue weighted by atomic mass is 32.2. The smallest absolute Gasteiger partial charge is 0.220 e. The predicted molar refractivity (Wildman–Crippen MR) is 88.5 cm³/mol. The summed E-state index contributed by atoms with van der Waals surface area (Å²) in [5.41, 5.74) is 0. The van der Waals surface area contributed by atoms with Gasteiger partial charge in [0.25, 0.3) is 0 Å². The monoisotopic (exact) mass is 311 g/mol. The van der Waals surface area contributed by atoms with Gasteiger partial charge in [-0.2, -0.15) is 11.8 Å². The fourth-order valence-electron chi connectivity index (χ4n) is 3.44. The fourth-order valence-corrected chi connectivity index (χ4v) is 5.09. The minimum absolute atomic E-state index is 0.234. The van der Waals surface area contributed by atoms with Gasteiger partial charge in [-0.3, -0.25) is 9.59 Å². The first kappa shape index (κ1) is 16.9. The average molecular weight is 311 g/mol. The van der Waals surface area contributed by atoms with Crippen LogP contribution in [0.15, 0.2) is 0 Å². The van der Waals surface area contributed by atoms with E-state index in [0.717, 1.165) is 50.7 Å². The predicted octanol–water partition coefficient (Wildman–Crippen LogP) is 3.71. The molecule has 1 N–H and O–H groups in total. The van der Waals surface area contributed by atoms with Crippen molar-refractivity contribution in [3.05, 3.63) is 0 Å². The number of carbonyl (C=O) groups is 2. The van der Waals surface area contributed by atoms with Crippen molar-refractivity contribution in [1.82, 2.24) is 5.32 Å². The summed E-state index contributed by atoms with van der Waals surface area (Å²) in [5, 5.41) is 3.71. The van der Waals surface area contributed by atoms with Gasteiger partial charge in [-0.1, -0.05) is 32.6 Å². The number of thioether (sulfide) groups is 1. The Bertz CT molecular complexity index is 359. The minimum Gasteiger partial charge on any atom is -0.352 e. The molecule has 120 valence electrons. The number of rotatable bonds is 10. The Morgan fingerprint density at radius 3 is 2.71 bits per heavy atom. The van der Waals surface area contributed by atoms with Crippen LogP contribution in [0.3, 0.4) is 0 Å². The largest absolute Gasteiger partial charge is 0.352 e. The van der Waals surface area contributed by atoms with Crippen molar-refractivity contribution < 1.29 is 9.59 Å². The molecule has 2 heterocycles. The summed E-state index contributed by atoms with van der Waals surface area (Å²) in [6.45, 7) is 2.19. The van der Waals surface area contributed by atoms with Gasteiger partial charge in [0.2, 0.25) is 5.91 Å². The second-order valence-electron chi connectivity index (χ2n) is 6.52. The van der Waals surface area contributed by atoms with Gasteiger partial charge >= 0.3 is 0 Å². The van der Waals surface area contributed by atoms with E-state index in [2.05, 4.69) is 12.2 Å². The third-order valence-corrected chi connectivity index (χ3v) is 6.29. The van der Waals surface area contributed by atoms with E-state index < -0.39 is 0 Å². The maximum absolute atomic E-state index is 11.8. The highest BCUT2D eigenvalue weighted by Gasteiger charge is 2.42. The molecule has 0 aliphatic carbocycles. The summed E-state index contributed by atoms with van der Waals surface area (Å²) in [6.07, 6.45) is 10.3.